The van der Waals surface area contributed by atoms with Crippen LogP contribution < -0.4 is 10.6 Å². The van der Waals surface area contributed by atoms with Crippen molar-refractivity contribution in [1.29, 1.82) is 10.5 Å². The molecule has 3 aromatic carbocycles. The third-order valence-electron chi connectivity index (χ3n) is 6.07. The summed E-state index contributed by atoms with van der Waals surface area (Å²) in [5, 5.41) is 56.5. The van der Waals surface area contributed by atoms with E-state index in [2.05, 4.69) is 52.6 Å². The minimum Gasteiger partial charge on any atom is -0.339 e. The van der Waals surface area contributed by atoms with Gasteiger partial charge < -0.3 is 10.6 Å². The van der Waals surface area contributed by atoms with Gasteiger partial charge in [-0.05, 0) is 49.4 Å². The molecule has 0 spiro atoms. The van der Waals surface area contributed by atoms with Crippen LogP contribution in [0.2, 0.25) is 10.0 Å². The topological polar surface area (TPSA) is 173 Å². The lowest BCUT2D eigenvalue weighted by Gasteiger charge is -2.15. The minimum atomic E-state index is 0.203. The molecule has 2 heterocycles. The first-order valence-corrected chi connectivity index (χ1v) is 15.3. The molecule has 0 amide bonds. The molecule has 0 radical (unpaired) electrons. The number of rotatable bonds is 11. The zero-order valence-corrected chi connectivity index (χ0v) is 26.6. The quantitative estimate of drug-likeness (QED) is 0.0528. The third kappa shape index (κ3) is 7.84. The second kappa shape index (κ2) is 15.4. The number of nitrogens with zero attached hydrogens (tertiary/aromatic N) is 7. The molecule has 0 aliphatic carbocycles. The predicted molar refractivity (Wildman–Crippen MR) is 178 cm³/mol. The summed E-state index contributed by atoms with van der Waals surface area (Å²) in [4.78, 5) is 5.09. The molecule has 46 heavy (non-hydrogen) atoms. The zero-order chi connectivity index (χ0) is 32.5. The average molecular weight is 689 g/mol. The van der Waals surface area contributed by atoms with Crippen LogP contribution in [0.3, 0.4) is 0 Å². The maximum atomic E-state index is 10.1. The Hall–Kier alpha value is -4.90. The second-order valence-corrected chi connectivity index (χ2v) is 11.6. The summed E-state index contributed by atoms with van der Waals surface area (Å²) in [5.74, 6) is 0.698. The Labute approximate surface area is 280 Å². The van der Waals surface area contributed by atoms with E-state index >= 15 is 0 Å². The molecule has 0 aliphatic rings. The van der Waals surface area contributed by atoms with E-state index in [0.717, 1.165) is 22.7 Å². The van der Waals surface area contributed by atoms with Crippen molar-refractivity contribution in [2.75, 3.05) is 10.6 Å². The van der Waals surface area contributed by atoms with Gasteiger partial charge in [-0.3, -0.25) is 0 Å². The summed E-state index contributed by atoms with van der Waals surface area (Å²) in [5.41, 5.74) is 3.10. The number of halogens is 2. The fourth-order valence-corrected chi connectivity index (χ4v) is 5.61. The highest BCUT2D eigenvalue weighted by Gasteiger charge is 2.19. The fraction of sp³-hybridized carbons (Fsp3) is 0.0333. The van der Waals surface area contributed by atoms with Crippen LogP contribution in [-0.4, -0.2) is 10.2 Å². The number of hydrogen-bond acceptors (Lipinski definition) is 14. The van der Waals surface area contributed by atoms with Gasteiger partial charge in [0.15, 0.2) is 16.6 Å². The van der Waals surface area contributed by atoms with E-state index in [4.69, 9.17) is 33.4 Å². The van der Waals surface area contributed by atoms with Crippen molar-refractivity contribution in [3.05, 3.63) is 106 Å². The number of aromatic nitrogens is 1. The molecule has 0 bridgehead atoms. The number of para-hydroxylation sites is 2. The number of azo groups is 2. The number of nitrogens with one attached hydrogen (secondary N) is 2. The number of thiophene rings is 1. The van der Waals surface area contributed by atoms with Gasteiger partial charge >= 0.3 is 0 Å². The number of anilines is 4. The molecule has 5 aromatic rings. The second-order valence-electron chi connectivity index (χ2n) is 9.03. The molecule has 0 saturated carbocycles. The summed E-state index contributed by atoms with van der Waals surface area (Å²) in [6.45, 7) is 1.75. The van der Waals surface area contributed by atoms with Gasteiger partial charge in [0, 0.05) is 16.9 Å². The van der Waals surface area contributed by atoms with E-state index in [9.17, 15) is 10.5 Å². The maximum absolute atomic E-state index is 10.1. The van der Waals surface area contributed by atoms with Gasteiger partial charge in [-0.2, -0.15) is 10.5 Å². The van der Waals surface area contributed by atoms with Gasteiger partial charge in [0.05, 0.1) is 38.1 Å². The molecule has 0 atom stereocenters. The predicted octanol–water partition coefficient (Wildman–Crippen LogP) is 11.2. The summed E-state index contributed by atoms with van der Waals surface area (Å²) in [7, 11) is 0. The minimum absolute atomic E-state index is 0.203. The lowest BCUT2D eigenvalue weighted by Crippen LogP contribution is -2.04. The Balaban J connectivity index is 1.49. The molecule has 16 heteroatoms. The standard InChI is InChI=1S/C30H19Cl2N9O3S2/c1-17-21(16-34)28(35-19-8-4-2-5-9-19)37-29(36-20-10-6-3-7-11-20)27(17)40-41-30-18(15-33)12-26(45-30)39-38-24-13-23(32)25(14-22(24)31)46-44-43-42/h2-14,42H,1H3,(H2,35,36,37). The Kier molecular flexibility index (Phi) is 10.9. The fourth-order valence-electron chi connectivity index (χ4n) is 3.93. The summed E-state index contributed by atoms with van der Waals surface area (Å²) >= 11 is 14.2. The number of nitriles is 2. The highest BCUT2D eigenvalue weighted by molar-refractivity contribution is 7.94. The van der Waals surface area contributed by atoms with Crippen LogP contribution in [0.5, 0.6) is 0 Å². The van der Waals surface area contributed by atoms with E-state index < -0.39 is 0 Å². The van der Waals surface area contributed by atoms with E-state index in [1.54, 1.807) is 6.92 Å². The van der Waals surface area contributed by atoms with Gasteiger partial charge in [-0.25, -0.2) is 10.2 Å². The van der Waals surface area contributed by atoms with Gasteiger partial charge in [-0.1, -0.05) is 76.0 Å². The average Bonchev–Trinajstić information content (AvgIpc) is 3.47. The normalized spacial score (nSPS) is 11.1. The van der Waals surface area contributed by atoms with Crippen LogP contribution in [0.15, 0.2) is 104 Å². The summed E-state index contributed by atoms with van der Waals surface area (Å²) < 4.78 is 4.39. The van der Waals surface area contributed by atoms with Gasteiger partial charge in [0.2, 0.25) is 0 Å². The number of pyridine rings is 1. The lowest BCUT2D eigenvalue weighted by atomic mass is 10.1. The molecule has 0 aliphatic heterocycles. The van der Waals surface area contributed by atoms with Gasteiger partial charge in [0.25, 0.3) is 0 Å². The van der Waals surface area contributed by atoms with Crippen molar-refractivity contribution in [3.8, 4) is 12.1 Å². The molecule has 0 saturated heterocycles. The largest absolute Gasteiger partial charge is 0.339 e. The first-order chi connectivity index (χ1) is 22.4. The summed E-state index contributed by atoms with van der Waals surface area (Å²) in [6, 6.07) is 27.5. The van der Waals surface area contributed by atoms with E-state index in [-0.39, 0.29) is 31.9 Å². The number of hydrogen-bond donors (Lipinski definition) is 3. The van der Waals surface area contributed by atoms with E-state index in [1.807, 2.05) is 60.7 Å². The Morgan fingerprint density at radius 2 is 1.52 bits per heavy atom. The first-order valence-electron chi connectivity index (χ1n) is 13.0. The van der Waals surface area contributed by atoms with Crippen LogP contribution in [0.1, 0.15) is 16.7 Å². The zero-order valence-electron chi connectivity index (χ0n) is 23.5. The molecular formula is C30H19Cl2N9O3S2. The first kappa shape index (κ1) is 32.5. The van der Waals surface area contributed by atoms with Crippen molar-refractivity contribution >= 4 is 91.0 Å². The SMILES string of the molecule is Cc1c(C#N)c(Nc2ccccc2)nc(Nc2ccccc2)c1N=Nc1sc(N=Nc2cc(Cl)c(SOOO)cc2Cl)cc1C#N. The van der Waals surface area contributed by atoms with Gasteiger partial charge in [-0.15, -0.1) is 24.8 Å². The molecule has 228 valence electrons. The Morgan fingerprint density at radius 1 is 0.848 bits per heavy atom. The molecule has 0 unspecified atom stereocenters. The Morgan fingerprint density at radius 3 is 2.15 bits per heavy atom. The molecule has 2 aromatic heterocycles. The molecule has 5 rings (SSSR count). The molecule has 3 N–H and O–H groups in total. The lowest BCUT2D eigenvalue weighted by molar-refractivity contribution is -0.432. The van der Waals surface area contributed by atoms with Crippen molar-refractivity contribution in [2.24, 2.45) is 20.5 Å². The van der Waals surface area contributed by atoms with Crippen LogP contribution in [-0.2, 0) is 9.37 Å². The van der Waals surface area contributed by atoms with E-state index in [0.29, 0.717) is 44.8 Å². The monoisotopic (exact) mass is 687 g/mol. The van der Waals surface area contributed by atoms with Crippen molar-refractivity contribution in [2.45, 2.75) is 11.8 Å². The molecular weight excluding hydrogens is 669 g/mol. The molecule has 12 nitrogen and oxygen atoms in total. The highest BCUT2D eigenvalue weighted by Crippen LogP contribution is 2.42. The number of benzene rings is 3. The van der Waals surface area contributed by atoms with Crippen molar-refractivity contribution in [3.63, 3.8) is 0 Å². The maximum Gasteiger partial charge on any atom is 0.161 e. The van der Waals surface area contributed by atoms with Crippen molar-refractivity contribution in [1.82, 2.24) is 4.98 Å². The van der Waals surface area contributed by atoms with Crippen LogP contribution in [0.25, 0.3) is 0 Å². The van der Waals surface area contributed by atoms with Crippen LogP contribution >= 0.6 is 46.6 Å². The smallest absolute Gasteiger partial charge is 0.161 e. The highest BCUT2D eigenvalue weighted by atomic mass is 35.5. The third-order valence-corrected chi connectivity index (χ3v) is 8.35. The summed E-state index contributed by atoms with van der Waals surface area (Å²) in [6.07, 6.45) is 0. The van der Waals surface area contributed by atoms with E-state index in [1.165, 1.54) is 18.2 Å². The van der Waals surface area contributed by atoms with Gasteiger partial charge in [0.1, 0.15) is 28.5 Å². The van der Waals surface area contributed by atoms with Crippen LogP contribution in [0.4, 0.5) is 44.4 Å². The Bertz CT molecular complexity index is 2010. The van der Waals surface area contributed by atoms with Crippen LogP contribution in [0, 0.1) is 29.6 Å². The van der Waals surface area contributed by atoms with Crippen molar-refractivity contribution < 1.29 is 14.6 Å². The molecule has 0 fully saturated rings.